The first kappa shape index (κ1) is 25.9. The Hall–Kier alpha value is -3.21. The number of nitrogen functional groups attached to an aromatic ring is 1. The highest BCUT2D eigenvalue weighted by molar-refractivity contribution is 7.81. The van der Waals surface area contributed by atoms with Gasteiger partial charge in [-0.25, -0.2) is 4.39 Å². The van der Waals surface area contributed by atoms with Crippen LogP contribution in [-0.2, 0) is 11.0 Å². The lowest BCUT2D eigenvalue weighted by atomic mass is 9.68. The van der Waals surface area contributed by atoms with E-state index in [4.69, 9.17) is 18.0 Å². The van der Waals surface area contributed by atoms with Crippen molar-refractivity contribution in [3.8, 4) is 0 Å². The summed E-state index contributed by atoms with van der Waals surface area (Å²) < 4.78 is 55.6. The van der Waals surface area contributed by atoms with Crippen LogP contribution in [0.5, 0.6) is 0 Å². The van der Waals surface area contributed by atoms with Crippen LogP contribution < -0.4 is 20.9 Å². The molecule has 1 spiro atoms. The van der Waals surface area contributed by atoms with Crippen molar-refractivity contribution in [1.82, 2.24) is 5.32 Å². The van der Waals surface area contributed by atoms with Gasteiger partial charge in [0.25, 0.3) is 11.8 Å². The molecule has 2 aromatic rings. The number of hydrogen-bond donors (Lipinski definition) is 2. The van der Waals surface area contributed by atoms with E-state index in [1.165, 1.54) is 30.1 Å². The Bertz CT molecular complexity index is 1250. The van der Waals surface area contributed by atoms with Crippen molar-refractivity contribution in [3.05, 3.63) is 53.3 Å². The first-order valence-electron chi connectivity index (χ1n) is 11.4. The maximum atomic E-state index is 14.9. The summed E-state index contributed by atoms with van der Waals surface area (Å²) in [5.41, 5.74) is 2.75. The van der Waals surface area contributed by atoms with Crippen molar-refractivity contribution >= 4 is 46.2 Å². The zero-order valence-electron chi connectivity index (χ0n) is 20.0. The molecule has 0 atom stereocenters. The topological polar surface area (TPSA) is 78.7 Å². The molecule has 11 heteroatoms. The summed E-state index contributed by atoms with van der Waals surface area (Å²) in [4.78, 5) is 28.5. The number of carbonyl (C=O) groups is 2. The minimum atomic E-state index is -4.73. The Morgan fingerprint density at radius 2 is 1.67 bits per heavy atom. The van der Waals surface area contributed by atoms with Crippen molar-refractivity contribution in [2.45, 2.75) is 51.2 Å². The number of nitrogens with two attached hydrogens (primary N) is 1. The predicted octanol–water partition coefficient (Wildman–Crippen LogP) is 5.26. The molecular formula is C25H26F4N4O2S. The van der Waals surface area contributed by atoms with Crippen LogP contribution in [0.1, 0.15) is 55.5 Å². The lowest BCUT2D eigenvalue weighted by molar-refractivity contribution is -0.137. The van der Waals surface area contributed by atoms with Gasteiger partial charge in [-0.15, -0.1) is 0 Å². The highest BCUT2D eigenvalue weighted by Crippen LogP contribution is 2.50. The number of thiocarbonyl (C=S) groups is 1. The van der Waals surface area contributed by atoms with Gasteiger partial charge in [0, 0.05) is 18.4 Å². The molecule has 1 saturated carbocycles. The van der Waals surface area contributed by atoms with Crippen molar-refractivity contribution in [2.24, 2.45) is 5.41 Å². The zero-order chi connectivity index (χ0) is 26.6. The number of halogens is 4. The number of hydrogen-bond acceptors (Lipinski definition) is 4. The van der Waals surface area contributed by atoms with Crippen LogP contribution in [0.15, 0.2) is 36.4 Å². The van der Waals surface area contributed by atoms with Gasteiger partial charge in [0.2, 0.25) is 0 Å². The lowest BCUT2D eigenvalue weighted by Gasteiger charge is -2.44. The predicted molar refractivity (Wildman–Crippen MR) is 133 cm³/mol. The van der Waals surface area contributed by atoms with Gasteiger partial charge in [0.1, 0.15) is 11.4 Å². The van der Waals surface area contributed by atoms with Crippen LogP contribution in [-0.4, -0.2) is 29.5 Å². The molecule has 0 aromatic heterocycles. The fraction of sp³-hybridized carbons (Fsp3) is 0.400. The molecule has 0 radical (unpaired) electrons. The molecule has 2 aliphatic rings. The van der Waals surface area contributed by atoms with E-state index < -0.39 is 40.6 Å². The molecule has 4 rings (SSSR count). The molecule has 6 nitrogen and oxygen atoms in total. The summed E-state index contributed by atoms with van der Waals surface area (Å²) in [5, 5.41) is 2.30. The molecule has 1 aliphatic carbocycles. The van der Waals surface area contributed by atoms with Gasteiger partial charge >= 0.3 is 6.18 Å². The Kier molecular flexibility index (Phi) is 6.27. The maximum Gasteiger partial charge on any atom is 0.418 e. The van der Waals surface area contributed by atoms with Crippen LogP contribution in [0.3, 0.4) is 0 Å². The van der Waals surface area contributed by atoms with Crippen LogP contribution >= 0.6 is 12.2 Å². The van der Waals surface area contributed by atoms with Crippen LogP contribution in [0, 0.1) is 11.2 Å². The maximum absolute atomic E-state index is 14.9. The van der Waals surface area contributed by atoms with E-state index in [9.17, 15) is 27.2 Å². The normalized spacial score (nSPS) is 19.2. The summed E-state index contributed by atoms with van der Waals surface area (Å²) >= 11 is 5.65. The number of carbonyl (C=O) groups excluding carboxylic acids is 2. The highest BCUT2D eigenvalue weighted by atomic mass is 32.1. The standard InChI is InChI=1S/C25H26F4N4O2S/c1-23(2)8-10-24(11-9-23)21(35)32(14-5-7-19(30)17(12-14)25(27,28)29)22(36)33(24)15-4-6-16(18(26)13-15)20(34)31-3/h4-7,12-13H,8-11,30H2,1-3H3,(H,31,34). The van der Waals surface area contributed by atoms with Gasteiger partial charge in [-0.3, -0.25) is 14.5 Å². The first-order chi connectivity index (χ1) is 16.7. The second kappa shape index (κ2) is 8.72. The largest absolute Gasteiger partial charge is 0.418 e. The number of anilines is 3. The first-order valence-corrected chi connectivity index (χ1v) is 11.8. The molecule has 2 fully saturated rings. The minimum Gasteiger partial charge on any atom is -0.398 e. The summed E-state index contributed by atoms with van der Waals surface area (Å²) in [6, 6.07) is 7.12. The third-order valence-electron chi connectivity index (χ3n) is 7.13. The number of nitrogens with one attached hydrogen (secondary N) is 1. The average Bonchev–Trinajstić information content (AvgIpc) is 3.01. The van der Waals surface area contributed by atoms with Crippen molar-refractivity contribution in [3.63, 3.8) is 0 Å². The molecule has 1 aliphatic heterocycles. The minimum absolute atomic E-state index is 0.0504. The molecule has 36 heavy (non-hydrogen) atoms. The second-order valence-electron chi connectivity index (χ2n) is 9.97. The molecule has 192 valence electrons. The average molecular weight is 523 g/mol. The third-order valence-corrected chi connectivity index (χ3v) is 7.49. The van der Waals surface area contributed by atoms with E-state index in [1.54, 1.807) is 0 Å². The number of rotatable bonds is 3. The Balaban J connectivity index is 1.85. The molecule has 3 N–H and O–H groups in total. The summed E-state index contributed by atoms with van der Waals surface area (Å²) in [7, 11) is 1.38. The van der Waals surface area contributed by atoms with Crippen molar-refractivity contribution in [2.75, 3.05) is 22.6 Å². The number of alkyl halides is 3. The zero-order valence-corrected chi connectivity index (χ0v) is 20.8. The quantitative estimate of drug-likeness (QED) is 0.327. The van der Waals surface area contributed by atoms with Crippen molar-refractivity contribution in [1.29, 1.82) is 0 Å². The van der Waals surface area contributed by atoms with Crippen LogP contribution in [0.2, 0.25) is 0 Å². The van der Waals surface area contributed by atoms with Gasteiger partial charge in [0.05, 0.1) is 16.8 Å². The monoisotopic (exact) mass is 522 g/mol. The smallest absolute Gasteiger partial charge is 0.398 e. The van der Waals surface area contributed by atoms with E-state index in [0.717, 1.165) is 23.1 Å². The van der Waals surface area contributed by atoms with Crippen LogP contribution in [0.25, 0.3) is 0 Å². The Labute approximate surface area is 211 Å². The van der Waals surface area contributed by atoms with Crippen LogP contribution in [0.4, 0.5) is 34.6 Å². The Morgan fingerprint density at radius 1 is 1.06 bits per heavy atom. The number of nitrogens with zero attached hydrogens (tertiary/aromatic N) is 2. The van der Waals surface area contributed by atoms with Gasteiger partial charge in [-0.2, -0.15) is 13.2 Å². The number of amides is 2. The van der Waals surface area contributed by atoms with E-state index in [-0.39, 0.29) is 27.5 Å². The molecule has 0 bridgehead atoms. The summed E-state index contributed by atoms with van der Waals surface area (Å²) in [6.45, 7) is 4.15. The van der Waals surface area contributed by atoms with Gasteiger partial charge in [0.15, 0.2) is 5.11 Å². The van der Waals surface area contributed by atoms with Gasteiger partial charge in [-0.1, -0.05) is 13.8 Å². The second-order valence-corrected chi connectivity index (χ2v) is 10.3. The van der Waals surface area contributed by atoms with E-state index in [2.05, 4.69) is 19.2 Å². The highest BCUT2D eigenvalue weighted by Gasteiger charge is 2.58. The lowest BCUT2D eigenvalue weighted by Crippen LogP contribution is -2.53. The number of benzene rings is 2. The van der Waals surface area contributed by atoms with E-state index >= 15 is 0 Å². The molecule has 2 amide bonds. The fourth-order valence-corrected chi connectivity index (χ4v) is 5.40. The molecule has 1 saturated heterocycles. The molecule has 1 heterocycles. The Morgan fingerprint density at radius 3 is 2.22 bits per heavy atom. The SMILES string of the molecule is CNC(=O)c1ccc(N2C(=S)N(c3ccc(N)c(C(F)(F)F)c3)C(=O)C23CCC(C)(C)CC3)cc1F. The third kappa shape index (κ3) is 4.19. The van der Waals surface area contributed by atoms with Crippen molar-refractivity contribution < 1.29 is 27.2 Å². The molecule has 2 aromatic carbocycles. The molecule has 0 unspecified atom stereocenters. The van der Waals surface area contributed by atoms with E-state index in [0.29, 0.717) is 25.7 Å². The van der Waals surface area contributed by atoms with E-state index in [1.807, 2.05) is 0 Å². The van der Waals surface area contributed by atoms with Gasteiger partial charge < -0.3 is 16.0 Å². The van der Waals surface area contributed by atoms with Gasteiger partial charge in [-0.05, 0) is 79.7 Å². The fourth-order valence-electron chi connectivity index (χ4n) is 4.93. The molecular weight excluding hydrogens is 496 g/mol. The summed E-state index contributed by atoms with van der Waals surface area (Å²) in [6.07, 6.45) is -2.68. The summed E-state index contributed by atoms with van der Waals surface area (Å²) in [5.74, 6) is -1.90.